The molecule has 0 unspecified atom stereocenters. The Balaban J connectivity index is 1.56. The van der Waals surface area contributed by atoms with Crippen LogP contribution in [0.2, 0.25) is 5.02 Å². The minimum Gasteiger partial charge on any atom is -0.324 e. The number of carbonyl (C=O) groups is 3. The van der Waals surface area contributed by atoms with E-state index in [4.69, 9.17) is 11.6 Å². The van der Waals surface area contributed by atoms with Gasteiger partial charge in [0.05, 0.1) is 28.1 Å². The summed E-state index contributed by atoms with van der Waals surface area (Å²) in [5.74, 6) is -2.86. The van der Waals surface area contributed by atoms with Gasteiger partial charge in [0.2, 0.25) is 17.7 Å². The summed E-state index contributed by atoms with van der Waals surface area (Å²) in [4.78, 5) is 55.5. The minimum absolute atomic E-state index is 0.198. The number of hydrogen-bond donors (Lipinski definition) is 1. The van der Waals surface area contributed by atoms with E-state index in [0.717, 1.165) is 11.3 Å². The van der Waals surface area contributed by atoms with E-state index >= 15 is 0 Å². The number of nitro groups is 1. The molecule has 1 spiro atoms. The number of amides is 3. The Morgan fingerprint density at radius 1 is 1.15 bits per heavy atom. The molecule has 4 heterocycles. The average Bonchev–Trinajstić information content (AvgIpc) is 3.50. The predicted molar refractivity (Wildman–Crippen MR) is 124 cm³/mol. The molecule has 9 nitrogen and oxygen atoms in total. The molecule has 34 heavy (non-hydrogen) atoms. The molecule has 2 aromatic carbocycles. The summed E-state index contributed by atoms with van der Waals surface area (Å²) in [6.45, 7) is 4.12. The minimum atomic E-state index is -1.31. The topological polar surface area (TPSA) is 113 Å². The van der Waals surface area contributed by atoms with Gasteiger partial charge in [0, 0.05) is 28.8 Å². The van der Waals surface area contributed by atoms with Crippen molar-refractivity contribution >= 4 is 46.4 Å². The average molecular weight is 481 g/mol. The standard InChI is InChI=1S/C24H21ClN4O5/c1-11-5-6-13(29(33)34)10-17(11)28-21(30)18-16-4-3-9-27(16)24(19(18)22(28)31)14-7-8-15(25)12(2)20(14)26-23(24)32/h5-8,10,16,18-19H,3-4,9H2,1-2H3,(H,26,32)/t16-,18-,19-,24+/m0/s1. The van der Waals surface area contributed by atoms with Crippen LogP contribution >= 0.6 is 11.6 Å². The van der Waals surface area contributed by atoms with Crippen LogP contribution in [-0.2, 0) is 19.9 Å². The highest BCUT2D eigenvalue weighted by Gasteiger charge is 2.74. The molecular weight excluding hydrogens is 460 g/mol. The van der Waals surface area contributed by atoms with Crippen molar-refractivity contribution in [1.82, 2.24) is 4.90 Å². The van der Waals surface area contributed by atoms with Gasteiger partial charge in [-0.1, -0.05) is 23.7 Å². The highest BCUT2D eigenvalue weighted by atomic mass is 35.5. The number of benzene rings is 2. The van der Waals surface area contributed by atoms with E-state index in [1.54, 1.807) is 19.1 Å². The molecule has 1 N–H and O–H groups in total. The van der Waals surface area contributed by atoms with Crippen molar-refractivity contribution in [3.05, 3.63) is 62.2 Å². The number of rotatable bonds is 2. The normalized spacial score (nSPS) is 29.6. The van der Waals surface area contributed by atoms with Crippen molar-refractivity contribution in [2.75, 3.05) is 16.8 Å². The molecule has 0 aliphatic carbocycles. The van der Waals surface area contributed by atoms with Crippen molar-refractivity contribution in [3.63, 3.8) is 0 Å². The van der Waals surface area contributed by atoms with Gasteiger partial charge in [0.15, 0.2) is 0 Å². The predicted octanol–water partition coefficient (Wildman–Crippen LogP) is 3.30. The number of nitrogens with zero attached hydrogens (tertiary/aromatic N) is 3. The lowest BCUT2D eigenvalue weighted by Gasteiger charge is -2.36. The SMILES string of the molecule is Cc1ccc([N+](=O)[O-])cc1N1C(=O)[C@@H]2[C@@H](C1=O)[C@]1(C(=O)Nc3c1ccc(Cl)c3C)N1CCC[C@@H]21. The molecule has 4 aliphatic heterocycles. The number of nitrogens with one attached hydrogen (secondary N) is 1. The number of hydrogen-bond acceptors (Lipinski definition) is 6. The molecule has 4 atom stereocenters. The molecule has 3 saturated heterocycles. The van der Waals surface area contributed by atoms with Crippen LogP contribution in [-0.4, -0.2) is 40.1 Å². The molecule has 10 heteroatoms. The summed E-state index contributed by atoms with van der Waals surface area (Å²) >= 11 is 6.32. The van der Waals surface area contributed by atoms with Gasteiger partial charge in [-0.25, -0.2) is 4.90 Å². The molecular formula is C24H21ClN4O5. The molecule has 2 aromatic rings. The Bertz CT molecular complexity index is 1340. The number of nitro benzene ring substituents is 1. The zero-order chi connectivity index (χ0) is 24.1. The van der Waals surface area contributed by atoms with Crippen molar-refractivity contribution < 1.29 is 19.3 Å². The summed E-state index contributed by atoms with van der Waals surface area (Å²) < 4.78 is 0. The van der Waals surface area contributed by atoms with Crippen molar-refractivity contribution in [1.29, 1.82) is 0 Å². The maximum Gasteiger partial charge on any atom is 0.271 e. The molecule has 0 radical (unpaired) electrons. The number of halogens is 1. The molecule has 4 aliphatic rings. The van der Waals surface area contributed by atoms with Gasteiger partial charge in [0.1, 0.15) is 5.54 Å². The number of anilines is 2. The van der Waals surface area contributed by atoms with E-state index in [-0.39, 0.29) is 23.3 Å². The van der Waals surface area contributed by atoms with Crippen LogP contribution in [0.25, 0.3) is 0 Å². The monoisotopic (exact) mass is 480 g/mol. The zero-order valence-electron chi connectivity index (χ0n) is 18.5. The lowest BCUT2D eigenvalue weighted by Crippen LogP contribution is -2.54. The van der Waals surface area contributed by atoms with Crippen LogP contribution in [0.5, 0.6) is 0 Å². The Kier molecular flexibility index (Phi) is 4.29. The van der Waals surface area contributed by atoms with Crippen molar-refractivity contribution in [2.45, 2.75) is 38.3 Å². The maximum atomic E-state index is 14.0. The quantitative estimate of drug-likeness (QED) is 0.401. The fourth-order valence-corrected chi connectivity index (χ4v) is 6.74. The fourth-order valence-electron chi connectivity index (χ4n) is 6.58. The van der Waals surface area contributed by atoms with Gasteiger partial charge >= 0.3 is 0 Å². The second-order valence-corrected chi connectivity index (χ2v) is 9.87. The van der Waals surface area contributed by atoms with Crippen LogP contribution in [0.3, 0.4) is 0 Å². The Labute approximate surface area is 199 Å². The highest BCUT2D eigenvalue weighted by molar-refractivity contribution is 6.32. The van der Waals surface area contributed by atoms with Gasteiger partial charge in [-0.15, -0.1) is 0 Å². The third-order valence-electron chi connectivity index (χ3n) is 8.01. The molecule has 0 saturated carbocycles. The molecule has 3 fully saturated rings. The van der Waals surface area contributed by atoms with Crippen molar-refractivity contribution in [3.8, 4) is 0 Å². The third-order valence-corrected chi connectivity index (χ3v) is 8.42. The highest BCUT2D eigenvalue weighted by Crippen LogP contribution is 2.61. The first-order valence-corrected chi connectivity index (χ1v) is 11.6. The van der Waals surface area contributed by atoms with E-state index in [2.05, 4.69) is 5.32 Å². The van der Waals surface area contributed by atoms with Crippen LogP contribution in [0, 0.1) is 35.8 Å². The Hall–Kier alpha value is -3.30. The number of fused-ring (bicyclic) bond motifs is 7. The second kappa shape index (κ2) is 6.86. The summed E-state index contributed by atoms with van der Waals surface area (Å²) in [7, 11) is 0. The molecule has 0 bridgehead atoms. The van der Waals surface area contributed by atoms with Gasteiger partial charge in [-0.3, -0.25) is 29.4 Å². The zero-order valence-corrected chi connectivity index (χ0v) is 19.3. The van der Waals surface area contributed by atoms with Crippen LogP contribution in [0.4, 0.5) is 17.1 Å². The van der Waals surface area contributed by atoms with Crippen molar-refractivity contribution in [2.24, 2.45) is 11.8 Å². The van der Waals surface area contributed by atoms with E-state index in [1.165, 1.54) is 18.2 Å². The lowest BCUT2D eigenvalue weighted by atomic mass is 9.75. The number of non-ortho nitro benzene ring substituents is 1. The van der Waals surface area contributed by atoms with Gasteiger partial charge in [-0.2, -0.15) is 0 Å². The summed E-state index contributed by atoms with van der Waals surface area (Å²) in [6.07, 6.45) is 1.50. The second-order valence-electron chi connectivity index (χ2n) is 9.46. The van der Waals surface area contributed by atoms with Crippen LogP contribution < -0.4 is 10.2 Å². The largest absolute Gasteiger partial charge is 0.324 e. The third kappa shape index (κ3) is 2.35. The Morgan fingerprint density at radius 2 is 1.91 bits per heavy atom. The summed E-state index contributed by atoms with van der Waals surface area (Å²) in [5.41, 5.74) is 1.22. The first kappa shape index (κ1) is 21.2. The van der Waals surface area contributed by atoms with Gasteiger partial charge < -0.3 is 5.32 Å². The Morgan fingerprint density at radius 3 is 2.65 bits per heavy atom. The summed E-state index contributed by atoms with van der Waals surface area (Å²) in [6, 6.07) is 7.37. The number of carbonyl (C=O) groups excluding carboxylic acids is 3. The van der Waals surface area contributed by atoms with E-state index in [9.17, 15) is 24.5 Å². The smallest absolute Gasteiger partial charge is 0.271 e. The molecule has 0 aromatic heterocycles. The van der Waals surface area contributed by atoms with Gasteiger partial charge in [-0.05, 0) is 50.4 Å². The maximum absolute atomic E-state index is 14.0. The molecule has 6 rings (SSSR count). The summed E-state index contributed by atoms with van der Waals surface area (Å²) in [5, 5.41) is 14.8. The van der Waals surface area contributed by atoms with E-state index < -0.39 is 34.1 Å². The first-order valence-electron chi connectivity index (χ1n) is 11.2. The van der Waals surface area contributed by atoms with E-state index in [0.29, 0.717) is 40.4 Å². The molecule has 174 valence electrons. The van der Waals surface area contributed by atoms with Crippen LogP contribution in [0.1, 0.15) is 29.5 Å². The fraction of sp³-hybridized carbons (Fsp3) is 0.375. The number of aryl methyl sites for hydroxylation is 1. The lowest BCUT2D eigenvalue weighted by molar-refractivity contribution is -0.384. The number of imide groups is 1. The van der Waals surface area contributed by atoms with Crippen LogP contribution in [0.15, 0.2) is 30.3 Å². The first-order chi connectivity index (χ1) is 16.2. The van der Waals surface area contributed by atoms with Gasteiger partial charge in [0.25, 0.3) is 5.69 Å². The molecule has 3 amide bonds. The van der Waals surface area contributed by atoms with E-state index in [1.807, 2.05) is 11.8 Å².